The highest BCUT2D eigenvalue weighted by Gasteiger charge is 2.27. The van der Waals surface area contributed by atoms with E-state index in [1.54, 1.807) is 0 Å². The quantitative estimate of drug-likeness (QED) is 0.722. The minimum atomic E-state index is 0.311. The zero-order valence-electron chi connectivity index (χ0n) is 7.75. The Bertz CT molecular complexity index is 308. The van der Waals surface area contributed by atoms with Crippen LogP contribution in [-0.4, -0.2) is 11.5 Å². The van der Waals surface area contributed by atoms with E-state index in [2.05, 4.69) is 0 Å². The lowest BCUT2D eigenvalue weighted by atomic mass is 9.95. The summed E-state index contributed by atoms with van der Waals surface area (Å²) in [6, 6.07) is 7.75. The van der Waals surface area contributed by atoms with E-state index in [1.807, 2.05) is 24.3 Å². The molecular weight excluding hydrogens is 219 g/mol. The molecule has 1 saturated carbocycles. The molecule has 1 aliphatic rings. The topological polar surface area (TPSA) is 9.23 Å². The third-order valence-electron chi connectivity index (χ3n) is 2.47. The fourth-order valence-electron chi connectivity index (χ4n) is 1.46. The van der Waals surface area contributed by atoms with Crippen LogP contribution in [0.2, 0.25) is 5.02 Å². The van der Waals surface area contributed by atoms with Crippen LogP contribution in [0.5, 0.6) is 0 Å². The summed E-state index contributed by atoms with van der Waals surface area (Å²) in [5.41, 5.74) is 1.05. The van der Waals surface area contributed by atoms with Gasteiger partial charge in [0.2, 0.25) is 0 Å². The van der Waals surface area contributed by atoms with E-state index in [4.69, 9.17) is 27.9 Å². The Hall–Kier alpha value is -0.240. The summed E-state index contributed by atoms with van der Waals surface area (Å²) < 4.78 is 5.65. The Balaban J connectivity index is 1.83. The van der Waals surface area contributed by atoms with Gasteiger partial charge in [0.15, 0.2) is 0 Å². The molecule has 0 heterocycles. The minimum absolute atomic E-state index is 0.311. The molecule has 1 aromatic rings. The fraction of sp³-hybridized carbons (Fsp3) is 0.455. The molecule has 14 heavy (non-hydrogen) atoms. The van der Waals surface area contributed by atoms with Gasteiger partial charge in [-0.05, 0) is 24.5 Å². The third kappa shape index (κ3) is 2.41. The van der Waals surface area contributed by atoms with Gasteiger partial charge in [0, 0.05) is 10.4 Å². The molecule has 0 spiro atoms. The smallest absolute Gasteiger partial charge is 0.0735 e. The van der Waals surface area contributed by atoms with Crippen molar-refractivity contribution in [1.29, 1.82) is 0 Å². The van der Waals surface area contributed by atoms with Crippen LogP contribution < -0.4 is 0 Å². The molecule has 0 bridgehead atoms. The Kier molecular flexibility index (Phi) is 3.32. The standard InChI is InChI=1S/C11H12Cl2O/c12-9-5-10(6-9)14-7-8-3-1-2-4-11(8)13/h1-4,9-10H,5-7H2. The second-order valence-corrected chi connectivity index (χ2v) is 4.62. The summed E-state index contributed by atoms with van der Waals surface area (Å²) >= 11 is 11.8. The number of benzene rings is 1. The number of ether oxygens (including phenoxy) is 1. The molecule has 0 atom stereocenters. The van der Waals surface area contributed by atoms with E-state index in [9.17, 15) is 0 Å². The maximum absolute atomic E-state index is 5.99. The number of alkyl halides is 1. The third-order valence-corrected chi connectivity index (χ3v) is 3.19. The summed E-state index contributed by atoms with van der Waals surface area (Å²) in [7, 11) is 0. The van der Waals surface area contributed by atoms with Crippen molar-refractivity contribution in [3.63, 3.8) is 0 Å². The van der Waals surface area contributed by atoms with Crippen molar-refractivity contribution in [2.45, 2.75) is 30.9 Å². The molecule has 0 radical (unpaired) electrons. The van der Waals surface area contributed by atoms with Crippen molar-refractivity contribution in [2.75, 3.05) is 0 Å². The van der Waals surface area contributed by atoms with Gasteiger partial charge in [0.1, 0.15) is 0 Å². The van der Waals surface area contributed by atoms with Crippen molar-refractivity contribution in [3.8, 4) is 0 Å². The van der Waals surface area contributed by atoms with Gasteiger partial charge in [-0.25, -0.2) is 0 Å². The molecule has 1 nitrogen and oxygen atoms in total. The van der Waals surface area contributed by atoms with Crippen LogP contribution in [0.15, 0.2) is 24.3 Å². The molecule has 1 aliphatic carbocycles. The SMILES string of the molecule is Clc1ccccc1COC1CC(Cl)C1. The highest BCUT2D eigenvalue weighted by atomic mass is 35.5. The van der Waals surface area contributed by atoms with Gasteiger partial charge in [-0.15, -0.1) is 11.6 Å². The van der Waals surface area contributed by atoms with Gasteiger partial charge < -0.3 is 4.74 Å². The largest absolute Gasteiger partial charge is 0.373 e. The molecule has 3 heteroatoms. The average Bonchev–Trinajstić information content (AvgIpc) is 2.13. The van der Waals surface area contributed by atoms with E-state index >= 15 is 0 Å². The van der Waals surface area contributed by atoms with Crippen molar-refractivity contribution in [1.82, 2.24) is 0 Å². The van der Waals surface area contributed by atoms with Gasteiger partial charge in [-0.3, -0.25) is 0 Å². The predicted molar refractivity (Wildman–Crippen MR) is 58.9 cm³/mol. The molecule has 0 N–H and O–H groups in total. The van der Waals surface area contributed by atoms with Gasteiger partial charge >= 0.3 is 0 Å². The monoisotopic (exact) mass is 230 g/mol. The Morgan fingerprint density at radius 1 is 1.29 bits per heavy atom. The molecule has 76 valence electrons. The molecule has 1 fully saturated rings. The van der Waals surface area contributed by atoms with Crippen LogP contribution >= 0.6 is 23.2 Å². The van der Waals surface area contributed by atoms with Crippen LogP contribution in [-0.2, 0) is 11.3 Å². The Labute approximate surface area is 94.0 Å². The van der Waals surface area contributed by atoms with E-state index in [0.29, 0.717) is 18.1 Å². The lowest BCUT2D eigenvalue weighted by Gasteiger charge is -2.30. The number of hydrogen-bond donors (Lipinski definition) is 0. The molecule has 0 unspecified atom stereocenters. The molecular formula is C11H12Cl2O. The summed E-state index contributed by atoms with van der Waals surface area (Å²) in [4.78, 5) is 0. The molecule has 2 rings (SSSR count). The van der Waals surface area contributed by atoms with E-state index in [1.165, 1.54) is 0 Å². The molecule has 0 aliphatic heterocycles. The maximum Gasteiger partial charge on any atom is 0.0735 e. The zero-order valence-corrected chi connectivity index (χ0v) is 9.26. The Morgan fingerprint density at radius 3 is 2.64 bits per heavy atom. The summed E-state index contributed by atoms with van der Waals surface area (Å²) in [6.07, 6.45) is 2.26. The van der Waals surface area contributed by atoms with Gasteiger partial charge in [0.25, 0.3) is 0 Å². The minimum Gasteiger partial charge on any atom is -0.373 e. The first-order valence-corrected chi connectivity index (χ1v) is 5.56. The maximum atomic E-state index is 5.99. The van der Waals surface area contributed by atoms with Crippen molar-refractivity contribution in [2.24, 2.45) is 0 Å². The van der Waals surface area contributed by atoms with Crippen LogP contribution in [0.4, 0.5) is 0 Å². The lowest BCUT2D eigenvalue weighted by molar-refractivity contribution is -0.00618. The van der Waals surface area contributed by atoms with Crippen molar-refractivity contribution >= 4 is 23.2 Å². The normalized spacial score (nSPS) is 25.9. The van der Waals surface area contributed by atoms with Crippen molar-refractivity contribution in [3.05, 3.63) is 34.9 Å². The second kappa shape index (κ2) is 4.52. The van der Waals surface area contributed by atoms with Gasteiger partial charge in [-0.1, -0.05) is 29.8 Å². The lowest BCUT2D eigenvalue weighted by Crippen LogP contribution is -2.31. The first kappa shape index (κ1) is 10.3. The number of halogens is 2. The number of hydrogen-bond acceptors (Lipinski definition) is 1. The zero-order chi connectivity index (χ0) is 9.97. The van der Waals surface area contributed by atoms with Gasteiger partial charge in [0.05, 0.1) is 12.7 Å². The van der Waals surface area contributed by atoms with Crippen LogP contribution in [0.1, 0.15) is 18.4 Å². The first-order chi connectivity index (χ1) is 6.75. The van der Waals surface area contributed by atoms with Crippen LogP contribution in [0, 0.1) is 0 Å². The van der Waals surface area contributed by atoms with E-state index in [0.717, 1.165) is 23.4 Å². The highest BCUT2D eigenvalue weighted by Crippen LogP contribution is 2.29. The molecule has 0 saturated heterocycles. The van der Waals surface area contributed by atoms with Gasteiger partial charge in [-0.2, -0.15) is 0 Å². The predicted octanol–water partition coefficient (Wildman–Crippen LogP) is 3.63. The second-order valence-electron chi connectivity index (χ2n) is 3.59. The molecule has 0 amide bonds. The van der Waals surface area contributed by atoms with E-state index < -0.39 is 0 Å². The first-order valence-electron chi connectivity index (χ1n) is 4.75. The van der Waals surface area contributed by atoms with Crippen LogP contribution in [0.3, 0.4) is 0 Å². The highest BCUT2D eigenvalue weighted by molar-refractivity contribution is 6.31. The fourth-order valence-corrected chi connectivity index (χ4v) is 2.05. The average molecular weight is 231 g/mol. The van der Waals surface area contributed by atoms with Crippen molar-refractivity contribution < 1.29 is 4.74 Å². The number of rotatable bonds is 3. The Morgan fingerprint density at radius 2 is 2.00 bits per heavy atom. The van der Waals surface area contributed by atoms with E-state index in [-0.39, 0.29) is 0 Å². The summed E-state index contributed by atoms with van der Waals surface area (Å²) in [5.74, 6) is 0. The van der Waals surface area contributed by atoms with Crippen LogP contribution in [0.25, 0.3) is 0 Å². The summed E-state index contributed by atoms with van der Waals surface area (Å²) in [5, 5.41) is 1.08. The molecule has 0 aromatic heterocycles. The summed E-state index contributed by atoms with van der Waals surface area (Å²) in [6.45, 7) is 0.591. The molecule has 1 aromatic carbocycles.